The smallest absolute Gasteiger partial charge is 0.329 e. The average molecular weight is 340 g/mol. The number of anilines is 1. The van der Waals surface area contributed by atoms with Gasteiger partial charge in [-0.2, -0.15) is 0 Å². The summed E-state index contributed by atoms with van der Waals surface area (Å²) in [6.07, 6.45) is 0.854. The van der Waals surface area contributed by atoms with Crippen LogP contribution >= 0.6 is 11.8 Å². The second-order valence-corrected chi connectivity index (χ2v) is 6.71. The van der Waals surface area contributed by atoms with Gasteiger partial charge in [-0.25, -0.2) is 9.18 Å². The fourth-order valence-corrected chi connectivity index (χ4v) is 2.55. The second kappa shape index (κ2) is 6.99. The Morgan fingerprint density at radius 1 is 1.30 bits per heavy atom. The van der Waals surface area contributed by atoms with Gasteiger partial charge in [-0.1, -0.05) is 0 Å². The summed E-state index contributed by atoms with van der Waals surface area (Å²) in [5.74, 6) is -2.11. The van der Waals surface area contributed by atoms with E-state index in [-0.39, 0.29) is 11.7 Å². The summed E-state index contributed by atoms with van der Waals surface area (Å²) in [5.41, 5.74) is -0.653. The molecule has 0 aliphatic heterocycles. The maximum absolute atomic E-state index is 12.8. The number of carboxylic acid groups (broad SMARTS) is 1. The summed E-state index contributed by atoms with van der Waals surface area (Å²) in [7, 11) is 0. The van der Waals surface area contributed by atoms with Crippen molar-refractivity contribution in [1.82, 2.24) is 5.32 Å². The third-order valence-corrected chi connectivity index (χ3v) is 4.63. The van der Waals surface area contributed by atoms with Crippen molar-refractivity contribution in [2.45, 2.75) is 30.6 Å². The first-order chi connectivity index (χ1) is 10.8. The van der Waals surface area contributed by atoms with Gasteiger partial charge in [-0.05, 0) is 44.0 Å². The molecule has 2 amide bonds. The van der Waals surface area contributed by atoms with Crippen molar-refractivity contribution in [1.29, 1.82) is 0 Å². The van der Waals surface area contributed by atoms with Gasteiger partial charge in [0.05, 0.1) is 11.0 Å². The molecule has 0 saturated heterocycles. The molecule has 6 nitrogen and oxygen atoms in total. The summed E-state index contributed by atoms with van der Waals surface area (Å²) < 4.78 is 12.8. The molecule has 1 unspecified atom stereocenters. The van der Waals surface area contributed by atoms with Crippen LogP contribution in [-0.4, -0.2) is 39.4 Å². The number of benzene rings is 1. The third-order valence-electron chi connectivity index (χ3n) is 3.48. The van der Waals surface area contributed by atoms with Crippen molar-refractivity contribution in [3.63, 3.8) is 0 Å². The normalized spacial score (nSPS) is 16.3. The molecule has 0 radical (unpaired) electrons. The van der Waals surface area contributed by atoms with E-state index in [9.17, 15) is 18.8 Å². The molecule has 1 saturated carbocycles. The highest BCUT2D eigenvalue weighted by molar-refractivity contribution is 8.01. The van der Waals surface area contributed by atoms with Crippen molar-refractivity contribution in [3.8, 4) is 0 Å². The summed E-state index contributed by atoms with van der Waals surface area (Å²) in [6.45, 7) is 1.61. The van der Waals surface area contributed by atoms with Crippen LogP contribution in [-0.2, 0) is 14.4 Å². The van der Waals surface area contributed by atoms with E-state index in [1.54, 1.807) is 6.92 Å². The fourth-order valence-electron chi connectivity index (χ4n) is 1.86. The highest BCUT2D eigenvalue weighted by atomic mass is 32.2. The molecule has 1 aliphatic carbocycles. The number of carboxylic acids is 1. The SMILES string of the molecule is CC(SCC(=O)Nc1ccc(F)cc1)C(=O)NC1(C(=O)O)CC1. The van der Waals surface area contributed by atoms with Crippen molar-refractivity contribution in [3.05, 3.63) is 30.1 Å². The number of thioether (sulfide) groups is 1. The van der Waals surface area contributed by atoms with Crippen LogP contribution in [0.15, 0.2) is 24.3 Å². The zero-order valence-electron chi connectivity index (χ0n) is 12.5. The Labute approximate surface area is 136 Å². The predicted octanol–water partition coefficient (Wildman–Crippen LogP) is 1.62. The van der Waals surface area contributed by atoms with E-state index in [1.165, 1.54) is 24.3 Å². The molecule has 1 aromatic rings. The molecule has 1 fully saturated rings. The third kappa shape index (κ3) is 4.69. The van der Waals surface area contributed by atoms with E-state index in [2.05, 4.69) is 10.6 Å². The van der Waals surface area contributed by atoms with Crippen molar-refractivity contribution >= 4 is 35.2 Å². The van der Waals surface area contributed by atoms with E-state index >= 15 is 0 Å². The Morgan fingerprint density at radius 2 is 1.91 bits per heavy atom. The molecule has 3 N–H and O–H groups in total. The molecule has 1 aliphatic rings. The lowest BCUT2D eigenvalue weighted by atomic mass is 10.2. The van der Waals surface area contributed by atoms with Crippen molar-refractivity contribution in [2.24, 2.45) is 0 Å². The Kier molecular flexibility index (Phi) is 5.25. The molecule has 1 aromatic carbocycles. The van der Waals surface area contributed by atoms with Gasteiger partial charge in [-0.15, -0.1) is 11.8 Å². The number of nitrogens with one attached hydrogen (secondary N) is 2. The minimum absolute atomic E-state index is 0.0338. The van der Waals surface area contributed by atoms with Crippen LogP contribution in [0.1, 0.15) is 19.8 Å². The lowest BCUT2D eigenvalue weighted by Gasteiger charge is -2.16. The number of hydrogen-bond acceptors (Lipinski definition) is 4. The number of carbonyl (C=O) groups is 3. The number of hydrogen-bond donors (Lipinski definition) is 3. The molecule has 0 heterocycles. The molecular weight excluding hydrogens is 323 g/mol. The molecule has 1 atom stereocenters. The van der Waals surface area contributed by atoms with Gasteiger partial charge in [0.15, 0.2) is 0 Å². The Hall–Kier alpha value is -2.09. The molecule has 8 heteroatoms. The van der Waals surface area contributed by atoms with Crippen LogP contribution in [0.3, 0.4) is 0 Å². The maximum atomic E-state index is 12.8. The number of amides is 2. The Bertz CT molecular complexity index is 616. The van der Waals surface area contributed by atoms with Crippen LogP contribution in [0, 0.1) is 5.82 Å². The lowest BCUT2D eigenvalue weighted by molar-refractivity contribution is -0.143. The standard InChI is InChI=1S/C15H17FN2O4S/c1-9(13(20)18-15(6-7-15)14(21)22)23-8-12(19)17-11-4-2-10(16)3-5-11/h2-5,9H,6-8H2,1H3,(H,17,19)(H,18,20)(H,21,22). The van der Waals surface area contributed by atoms with Crippen LogP contribution in [0.5, 0.6) is 0 Å². The summed E-state index contributed by atoms with van der Waals surface area (Å²) in [5, 5.41) is 13.6. The lowest BCUT2D eigenvalue weighted by Crippen LogP contribution is -2.46. The molecule has 2 rings (SSSR count). The zero-order chi connectivity index (χ0) is 17.0. The number of aliphatic carboxylic acids is 1. The van der Waals surface area contributed by atoms with Crippen LogP contribution < -0.4 is 10.6 Å². The minimum Gasteiger partial charge on any atom is -0.480 e. The van der Waals surface area contributed by atoms with Gasteiger partial charge in [0, 0.05) is 5.69 Å². The summed E-state index contributed by atoms with van der Waals surface area (Å²) in [6, 6.07) is 5.36. The Balaban J connectivity index is 1.76. The van der Waals surface area contributed by atoms with Gasteiger partial charge in [0.1, 0.15) is 11.4 Å². The van der Waals surface area contributed by atoms with E-state index < -0.39 is 28.5 Å². The molecule has 0 spiro atoms. The first-order valence-corrected chi connectivity index (χ1v) is 8.10. The summed E-state index contributed by atoms with van der Waals surface area (Å²) in [4.78, 5) is 34.7. The monoisotopic (exact) mass is 340 g/mol. The summed E-state index contributed by atoms with van der Waals surface area (Å²) >= 11 is 1.10. The van der Waals surface area contributed by atoms with Gasteiger partial charge in [0.2, 0.25) is 11.8 Å². The molecule has 124 valence electrons. The number of halogens is 1. The van der Waals surface area contributed by atoms with E-state index in [0.717, 1.165) is 11.8 Å². The highest BCUT2D eigenvalue weighted by Crippen LogP contribution is 2.35. The number of rotatable bonds is 7. The van der Waals surface area contributed by atoms with Gasteiger partial charge in [-0.3, -0.25) is 9.59 Å². The first-order valence-electron chi connectivity index (χ1n) is 7.05. The first kappa shape index (κ1) is 17.3. The minimum atomic E-state index is -1.12. The van der Waals surface area contributed by atoms with E-state index in [1.807, 2.05) is 0 Å². The molecule has 0 aromatic heterocycles. The number of carbonyl (C=O) groups excluding carboxylic acids is 2. The zero-order valence-corrected chi connectivity index (χ0v) is 13.3. The van der Waals surface area contributed by atoms with Gasteiger partial charge < -0.3 is 15.7 Å². The Morgan fingerprint density at radius 3 is 2.43 bits per heavy atom. The van der Waals surface area contributed by atoms with Crippen LogP contribution in [0.4, 0.5) is 10.1 Å². The predicted molar refractivity (Wildman–Crippen MR) is 84.7 cm³/mol. The van der Waals surface area contributed by atoms with Gasteiger partial charge >= 0.3 is 5.97 Å². The van der Waals surface area contributed by atoms with Gasteiger partial charge in [0.25, 0.3) is 0 Å². The quantitative estimate of drug-likeness (QED) is 0.701. The topological polar surface area (TPSA) is 95.5 Å². The van der Waals surface area contributed by atoms with E-state index in [0.29, 0.717) is 18.5 Å². The van der Waals surface area contributed by atoms with E-state index in [4.69, 9.17) is 5.11 Å². The average Bonchev–Trinajstić information content (AvgIpc) is 3.28. The maximum Gasteiger partial charge on any atom is 0.329 e. The van der Waals surface area contributed by atoms with Crippen LogP contribution in [0.2, 0.25) is 0 Å². The molecular formula is C15H17FN2O4S. The van der Waals surface area contributed by atoms with Crippen LogP contribution in [0.25, 0.3) is 0 Å². The fraction of sp³-hybridized carbons (Fsp3) is 0.400. The molecule has 23 heavy (non-hydrogen) atoms. The molecule has 0 bridgehead atoms. The largest absolute Gasteiger partial charge is 0.480 e. The van der Waals surface area contributed by atoms with Crippen molar-refractivity contribution < 1.29 is 23.9 Å². The van der Waals surface area contributed by atoms with Crippen molar-refractivity contribution in [2.75, 3.05) is 11.1 Å². The second-order valence-electron chi connectivity index (χ2n) is 5.38. The highest BCUT2D eigenvalue weighted by Gasteiger charge is 2.52.